The Hall–Kier alpha value is -3.68. The largest absolute Gasteiger partial charge is 0.486 e. The molecule has 35 heavy (non-hydrogen) atoms. The van der Waals surface area contributed by atoms with Crippen LogP contribution in [0.1, 0.15) is 46.6 Å². The molecular weight excluding hydrogens is 444 g/mol. The van der Waals surface area contributed by atoms with Crippen LogP contribution in [0.4, 0.5) is 0 Å². The molecule has 2 aromatic carbocycles. The summed E-state index contributed by atoms with van der Waals surface area (Å²) in [5.74, 6) is 0.635. The van der Waals surface area contributed by atoms with Gasteiger partial charge in [-0.05, 0) is 50.3 Å². The van der Waals surface area contributed by atoms with Crippen molar-refractivity contribution in [2.24, 2.45) is 5.41 Å². The number of hydrogen-bond acceptors (Lipinski definition) is 6. The Bertz CT molecular complexity index is 1200. The molecule has 1 atom stereocenters. The van der Waals surface area contributed by atoms with Gasteiger partial charge in [0.15, 0.2) is 0 Å². The lowest BCUT2D eigenvalue weighted by Gasteiger charge is -2.38. The predicted molar refractivity (Wildman–Crippen MR) is 129 cm³/mol. The van der Waals surface area contributed by atoms with Crippen LogP contribution in [-0.2, 0) is 17.8 Å². The van der Waals surface area contributed by atoms with E-state index < -0.39 is 0 Å². The van der Waals surface area contributed by atoms with Crippen molar-refractivity contribution >= 4 is 11.8 Å². The first kappa shape index (κ1) is 23.1. The standard InChI is InChI=1S/C27H30N4O4/c1-19-23(29-35-28-19)18-34-24-11-7-6-10-22(24)25(32)31-14-12-27(13-15-31)17-21(30(2)26(27)33)16-20-8-4-3-5-9-20/h3-11,21H,12-18H2,1-2H3/t21-/m1/s1. The van der Waals surface area contributed by atoms with E-state index in [-0.39, 0.29) is 29.9 Å². The summed E-state index contributed by atoms with van der Waals surface area (Å²) in [5.41, 5.74) is 2.63. The van der Waals surface area contributed by atoms with Gasteiger partial charge >= 0.3 is 0 Å². The van der Waals surface area contributed by atoms with Crippen LogP contribution in [0.3, 0.4) is 0 Å². The van der Waals surface area contributed by atoms with Crippen LogP contribution in [0.25, 0.3) is 0 Å². The van der Waals surface area contributed by atoms with E-state index in [0.29, 0.717) is 48.6 Å². The summed E-state index contributed by atoms with van der Waals surface area (Å²) in [6.07, 6.45) is 3.06. The van der Waals surface area contributed by atoms with E-state index in [1.54, 1.807) is 19.1 Å². The number of likely N-dealkylation sites (N-methyl/N-ethyl adjacent to an activating group) is 1. The Morgan fingerprint density at radius 2 is 1.80 bits per heavy atom. The number of amides is 2. The normalized spacial score (nSPS) is 19.4. The van der Waals surface area contributed by atoms with Gasteiger partial charge in [0, 0.05) is 26.2 Å². The molecule has 0 N–H and O–H groups in total. The van der Waals surface area contributed by atoms with Gasteiger partial charge in [-0.3, -0.25) is 9.59 Å². The van der Waals surface area contributed by atoms with Crippen LogP contribution in [-0.4, -0.2) is 58.1 Å². The quantitative estimate of drug-likeness (QED) is 0.542. The van der Waals surface area contributed by atoms with Crippen molar-refractivity contribution in [3.05, 3.63) is 77.1 Å². The van der Waals surface area contributed by atoms with Crippen molar-refractivity contribution in [2.45, 2.75) is 45.3 Å². The van der Waals surface area contributed by atoms with Crippen LogP contribution in [0.5, 0.6) is 5.75 Å². The molecule has 0 saturated carbocycles. The second-order valence-electron chi connectivity index (χ2n) is 9.62. The molecule has 3 aromatic rings. The molecule has 8 nitrogen and oxygen atoms in total. The first-order valence-electron chi connectivity index (χ1n) is 12.1. The maximum Gasteiger partial charge on any atom is 0.257 e. The highest BCUT2D eigenvalue weighted by Crippen LogP contribution is 2.45. The predicted octanol–water partition coefficient (Wildman–Crippen LogP) is 3.65. The zero-order valence-electron chi connectivity index (χ0n) is 20.1. The lowest BCUT2D eigenvalue weighted by atomic mass is 9.75. The zero-order valence-corrected chi connectivity index (χ0v) is 20.1. The van der Waals surface area contributed by atoms with E-state index in [2.05, 4.69) is 22.4 Å². The van der Waals surface area contributed by atoms with Gasteiger partial charge in [-0.2, -0.15) is 0 Å². The van der Waals surface area contributed by atoms with Gasteiger partial charge in [0.25, 0.3) is 5.91 Å². The molecular formula is C27H30N4O4. The number of hydrogen-bond donors (Lipinski definition) is 0. The van der Waals surface area contributed by atoms with E-state index in [0.717, 1.165) is 12.8 Å². The van der Waals surface area contributed by atoms with Gasteiger partial charge in [-0.1, -0.05) is 52.8 Å². The number of carbonyl (C=O) groups excluding carboxylic acids is 2. The first-order chi connectivity index (χ1) is 17.0. The average molecular weight is 475 g/mol. The summed E-state index contributed by atoms with van der Waals surface area (Å²) in [6, 6.07) is 17.7. The van der Waals surface area contributed by atoms with E-state index in [1.807, 2.05) is 47.2 Å². The van der Waals surface area contributed by atoms with E-state index in [9.17, 15) is 9.59 Å². The maximum atomic E-state index is 13.4. The number of ether oxygens (including phenoxy) is 1. The Balaban J connectivity index is 1.24. The Kier molecular flexibility index (Phi) is 6.28. The maximum absolute atomic E-state index is 13.4. The van der Waals surface area contributed by atoms with Gasteiger partial charge in [-0.15, -0.1) is 0 Å². The summed E-state index contributed by atoms with van der Waals surface area (Å²) in [4.78, 5) is 30.5. The summed E-state index contributed by atoms with van der Waals surface area (Å²) < 4.78 is 10.6. The topological polar surface area (TPSA) is 88.8 Å². The fourth-order valence-electron chi connectivity index (χ4n) is 5.33. The van der Waals surface area contributed by atoms with Gasteiger partial charge in [-0.25, -0.2) is 4.63 Å². The number of carbonyl (C=O) groups is 2. The lowest BCUT2D eigenvalue weighted by molar-refractivity contribution is -0.137. The monoisotopic (exact) mass is 474 g/mol. The molecule has 182 valence electrons. The highest BCUT2D eigenvalue weighted by Gasteiger charge is 2.51. The van der Waals surface area contributed by atoms with Gasteiger partial charge in [0.05, 0.1) is 11.0 Å². The molecule has 8 heteroatoms. The molecule has 2 fully saturated rings. The molecule has 2 amide bonds. The minimum absolute atomic E-state index is 0.0786. The summed E-state index contributed by atoms with van der Waals surface area (Å²) >= 11 is 0. The number of nitrogens with zero attached hydrogens (tertiary/aromatic N) is 4. The lowest BCUT2D eigenvalue weighted by Crippen LogP contribution is -2.46. The second kappa shape index (κ2) is 9.52. The Morgan fingerprint density at radius 3 is 2.51 bits per heavy atom. The minimum atomic E-state index is -0.377. The second-order valence-corrected chi connectivity index (χ2v) is 9.62. The van der Waals surface area contributed by atoms with Crippen molar-refractivity contribution in [3.63, 3.8) is 0 Å². The van der Waals surface area contributed by atoms with Crippen LogP contribution >= 0.6 is 0 Å². The number of likely N-dealkylation sites (tertiary alicyclic amines) is 2. The van der Waals surface area contributed by atoms with Crippen molar-refractivity contribution in [1.29, 1.82) is 0 Å². The molecule has 1 spiro atoms. The van der Waals surface area contributed by atoms with Gasteiger partial charge in [0.1, 0.15) is 23.7 Å². The van der Waals surface area contributed by atoms with Crippen molar-refractivity contribution < 1.29 is 19.0 Å². The number of para-hydroxylation sites is 1. The van der Waals surface area contributed by atoms with Crippen LogP contribution < -0.4 is 4.74 Å². The third-order valence-electron chi connectivity index (χ3n) is 7.50. The average Bonchev–Trinajstić information content (AvgIpc) is 3.40. The highest BCUT2D eigenvalue weighted by atomic mass is 16.6. The molecule has 0 bridgehead atoms. The highest BCUT2D eigenvalue weighted by molar-refractivity contribution is 5.97. The zero-order chi connectivity index (χ0) is 24.4. The summed E-state index contributed by atoms with van der Waals surface area (Å²) in [6.45, 7) is 3.07. The van der Waals surface area contributed by atoms with Gasteiger partial charge < -0.3 is 14.5 Å². The van der Waals surface area contributed by atoms with E-state index >= 15 is 0 Å². The molecule has 0 radical (unpaired) electrons. The first-order valence-corrected chi connectivity index (χ1v) is 12.1. The number of piperidine rings is 1. The Labute approximate surface area is 204 Å². The SMILES string of the molecule is Cc1nonc1COc1ccccc1C(=O)N1CCC2(CC1)C[C@@H](Cc1ccccc1)N(C)C2=O. The third kappa shape index (κ3) is 4.52. The fourth-order valence-corrected chi connectivity index (χ4v) is 5.33. The summed E-state index contributed by atoms with van der Waals surface area (Å²) in [7, 11) is 1.92. The molecule has 0 unspecified atom stereocenters. The molecule has 2 saturated heterocycles. The third-order valence-corrected chi connectivity index (χ3v) is 7.50. The van der Waals surface area contributed by atoms with Crippen molar-refractivity contribution in [3.8, 4) is 5.75 Å². The van der Waals surface area contributed by atoms with Crippen LogP contribution in [0, 0.1) is 12.3 Å². The smallest absolute Gasteiger partial charge is 0.257 e. The molecule has 5 rings (SSSR count). The molecule has 1 aromatic heterocycles. The van der Waals surface area contributed by atoms with Crippen LogP contribution in [0.2, 0.25) is 0 Å². The Morgan fingerprint density at radius 1 is 1.09 bits per heavy atom. The van der Waals surface area contributed by atoms with Crippen LogP contribution in [0.15, 0.2) is 59.2 Å². The number of benzene rings is 2. The molecule has 2 aliphatic heterocycles. The molecule has 0 aliphatic carbocycles. The molecule has 3 heterocycles. The van der Waals surface area contributed by atoms with E-state index in [1.165, 1.54) is 5.56 Å². The minimum Gasteiger partial charge on any atom is -0.486 e. The number of aryl methyl sites for hydroxylation is 1. The summed E-state index contributed by atoms with van der Waals surface area (Å²) in [5, 5.41) is 7.60. The number of rotatable bonds is 6. The number of aromatic nitrogens is 2. The molecule has 2 aliphatic rings. The van der Waals surface area contributed by atoms with E-state index in [4.69, 9.17) is 9.37 Å². The van der Waals surface area contributed by atoms with Gasteiger partial charge in [0.2, 0.25) is 5.91 Å². The van der Waals surface area contributed by atoms with Crippen molar-refractivity contribution in [2.75, 3.05) is 20.1 Å². The van der Waals surface area contributed by atoms with Crippen molar-refractivity contribution in [1.82, 2.24) is 20.1 Å². The fraction of sp³-hybridized carbons (Fsp3) is 0.407.